The van der Waals surface area contributed by atoms with Gasteiger partial charge in [0.1, 0.15) is 0 Å². The van der Waals surface area contributed by atoms with E-state index in [2.05, 4.69) is 4.74 Å². The Morgan fingerprint density at radius 1 is 1.47 bits per heavy atom. The van der Waals surface area contributed by atoms with Crippen LogP contribution in [0, 0.1) is 5.92 Å². The van der Waals surface area contributed by atoms with Crippen LogP contribution in [0.1, 0.15) is 19.8 Å². The van der Waals surface area contributed by atoms with Crippen LogP contribution in [0.5, 0.6) is 0 Å². The maximum absolute atomic E-state index is 11.5. The predicted octanol–water partition coefficient (Wildman–Crippen LogP) is 1.03. The second-order valence-electron chi connectivity index (χ2n) is 3.51. The summed E-state index contributed by atoms with van der Waals surface area (Å²) in [5.74, 6) is -0.413. The second-order valence-corrected chi connectivity index (χ2v) is 3.51. The van der Waals surface area contributed by atoms with E-state index in [4.69, 9.17) is 4.74 Å². The fourth-order valence-corrected chi connectivity index (χ4v) is 1.72. The molecule has 0 aromatic rings. The number of carbonyl (C=O) groups excluding carboxylic acids is 2. The molecule has 1 rings (SSSR count). The van der Waals surface area contributed by atoms with Gasteiger partial charge in [-0.05, 0) is 19.8 Å². The van der Waals surface area contributed by atoms with E-state index in [1.54, 1.807) is 11.8 Å². The number of nitrogens with zero attached hydrogens (tertiary/aromatic N) is 1. The molecule has 0 radical (unpaired) electrons. The van der Waals surface area contributed by atoms with Gasteiger partial charge in [0.2, 0.25) is 0 Å². The van der Waals surface area contributed by atoms with Gasteiger partial charge in [-0.2, -0.15) is 0 Å². The highest BCUT2D eigenvalue weighted by Crippen LogP contribution is 2.18. The zero-order valence-corrected chi connectivity index (χ0v) is 9.19. The van der Waals surface area contributed by atoms with E-state index in [1.807, 2.05) is 0 Å². The zero-order chi connectivity index (χ0) is 11.3. The van der Waals surface area contributed by atoms with E-state index in [9.17, 15) is 9.59 Å². The topological polar surface area (TPSA) is 55.8 Å². The maximum Gasteiger partial charge on any atom is 0.409 e. The fourth-order valence-electron chi connectivity index (χ4n) is 1.72. The van der Waals surface area contributed by atoms with Crippen molar-refractivity contribution in [1.82, 2.24) is 4.90 Å². The van der Waals surface area contributed by atoms with E-state index in [0.717, 1.165) is 12.8 Å². The number of carbonyl (C=O) groups is 2. The van der Waals surface area contributed by atoms with Crippen LogP contribution in [0.25, 0.3) is 0 Å². The lowest BCUT2D eigenvalue weighted by Gasteiger charge is -2.30. The smallest absolute Gasteiger partial charge is 0.409 e. The summed E-state index contributed by atoms with van der Waals surface area (Å²) in [5.41, 5.74) is 0. The van der Waals surface area contributed by atoms with Gasteiger partial charge in [-0.3, -0.25) is 4.79 Å². The van der Waals surface area contributed by atoms with Crippen LogP contribution in [0.3, 0.4) is 0 Å². The summed E-state index contributed by atoms with van der Waals surface area (Å²) in [6.45, 7) is 3.22. The van der Waals surface area contributed by atoms with Gasteiger partial charge in [0.25, 0.3) is 0 Å². The van der Waals surface area contributed by atoms with Gasteiger partial charge in [-0.1, -0.05) is 0 Å². The molecule has 1 fully saturated rings. The summed E-state index contributed by atoms with van der Waals surface area (Å²) in [6.07, 6.45) is 1.23. The molecule has 1 aliphatic rings. The van der Waals surface area contributed by atoms with Crippen LogP contribution >= 0.6 is 0 Å². The van der Waals surface area contributed by atoms with Gasteiger partial charge in [0.05, 0.1) is 19.6 Å². The summed E-state index contributed by atoms with van der Waals surface area (Å²) in [4.78, 5) is 24.2. The number of rotatable bonds is 2. The normalized spacial score (nSPS) is 20.9. The average molecular weight is 215 g/mol. The lowest BCUT2D eigenvalue weighted by atomic mass is 9.99. The monoisotopic (exact) mass is 215 g/mol. The minimum absolute atomic E-state index is 0.196. The quantitative estimate of drug-likeness (QED) is 0.645. The summed E-state index contributed by atoms with van der Waals surface area (Å²) >= 11 is 0. The molecule has 5 nitrogen and oxygen atoms in total. The van der Waals surface area contributed by atoms with E-state index in [1.165, 1.54) is 7.11 Å². The van der Waals surface area contributed by atoms with Gasteiger partial charge >= 0.3 is 12.1 Å². The lowest BCUT2D eigenvalue weighted by Crippen LogP contribution is -2.42. The summed E-state index contributed by atoms with van der Waals surface area (Å²) in [6, 6.07) is 0. The molecule has 1 heterocycles. The molecule has 5 heteroatoms. The number of hydrogen-bond acceptors (Lipinski definition) is 4. The molecule has 0 aromatic heterocycles. The molecule has 1 amide bonds. The lowest BCUT2D eigenvalue weighted by molar-refractivity contribution is -0.149. The molecule has 1 atom stereocenters. The standard InChI is InChI=1S/C10H17NO4/c1-3-15-9(12)8-5-4-6-11(7-8)10(13)14-2/h8H,3-7H2,1-2H3. The van der Waals surface area contributed by atoms with Crippen molar-refractivity contribution in [3.63, 3.8) is 0 Å². The van der Waals surface area contributed by atoms with Gasteiger partial charge in [0.15, 0.2) is 0 Å². The number of ether oxygens (including phenoxy) is 2. The minimum atomic E-state index is -0.371. The highest BCUT2D eigenvalue weighted by molar-refractivity contribution is 5.74. The van der Waals surface area contributed by atoms with Crippen molar-refractivity contribution in [3.05, 3.63) is 0 Å². The number of likely N-dealkylation sites (tertiary alicyclic amines) is 1. The molecule has 0 bridgehead atoms. The molecule has 0 aromatic carbocycles. The Hall–Kier alpha value is -1.26. The third kappa shape index (κ3) is 3.11. The van der Waals surface area contributed by atoms with Gasteiger partial charge < -0.3 is 14.4 Å². The molecule has 15 heavy (non-hydrogen) atoms. The van der Waals surface area contributed by atoms with Crippen molar-refractivity contribution in [3.8, 4) is 0 Å². The Balaban J connectivity index is 2.48. The van der Waals surface area contributed by atoms with Gasteiger partial charge in [-0.15, -0.1) is 0 Å². The highest BCUT2D eigenvalue weighted by Gasteiger charge is 2.29. The van der Waals surface area contributed by atoms with Crippen molar-refractivity contribution in [2.24, 2.45) is 5.92 Å². The van der Waals surface area contributed by atoms with E-state index < -0.39 is 0 Å². The summed E-state index contributed by atoms with van der Waals surface area (Å²) < 4.78 is 9.54. The van der Waals surface area contributed by atoms with Crippen LogP contribution in [-0.4, -0.2) is 43.8 Å². The Labute approximate surface area is 89.3 Å². The van der Waals surface area contributed by atoms with Crippen LogP contribution in [-0.2, 0) is 14.3 Å². The first-order chi connectivity index (χ1) is 7.19. The minimum Gasteiger partial charge on any atom is -0.466 e. The predicted molar refractivity (Wildman–Crippen MR) is 53.3 cm³/mol. The SMILES string of the molecule is CCOC(=O)C1CCCN(C(=O)OC)C1. The molecule has 0 spiro atoms. The Morgan fingerprint density at radius 3 is 2.80 bits per heavy atom. The first-order valence-corrected chi connectivity index (χ1v) is 5.18. The largest absolute Gasteiger partial charge is 0.466 e. The van der Waals surface area contributed by atoms with E-state index in [0.29, 0.717) is 19.7 Å². The zero-order valence-electron chi connectivity index (χ0n) is 9.19. The first-order valence-electron chi connectivity index (χ1n) is 5.18. The first kappa shape index (κ1) is 11.8. The van der Waals surface area contributed by atoms with Gasteiger partial charge in [0, 0.05) is 13.1 Å². The summed E-state index contributed by atoms with van der Waals surface area (Å²) in [5, 5.41) is 0. The van der Waals surface area contributed by atoms with Crippen molar-refractivity contribution >= 4 is 12.1 Å². The van der Waals surface area contributed by atoms with Crippen molar-refractivity contribution < 1.29 is 19.1 Å². The summed E-state index contributed by atoms with van der Waals surface area (Å²) in [7, 11) is 1.34. The Morgan fingerprint density at radius 2 is 2.20 bits per heavy atom. The molecule has 0 saturated carbocycles. The molecular formula is C10H17NO4. The molecular weight excluding hydrogens is 198 g/mol. The number of hydrogen-bond donors (Lipinski definition) is 0. The number of amides is 1. The molecule has 0 N–H and O–H groups in total. The number of esters is 1. The van der Waals surface area contributed by atoms with Crippen molar-refractivity contribution in [2.45, 2.75) is 19.8 Å². The van der Waals surface area contributed by atoms with E-state index >= 15 is 0 Å². The Bertz CT molecular complexity index is 242. The van der Waals surface area contributed by atoms with E-state index in [-0.39, 0.29) is 18.0 Å². The van der Waals surface area contributed by atoms with Crippen LogP contribution in [0.4, 0.5) is 4.79 Å². The van der Waals surface area contributed by atoms with Crippen LogP contribution < -0.4 is 0 Å². The van der Waals surface area contributed by atoms with Crippen molar-refractivity contribution in [2.75, 3.05) is 26.8 Å². The maximum atomic E-state index is 11.5. The third-order valence-corrected chi connectivity index (χ3v) is 2.47. The fraction of sp³-hybridized carbons (Fsp3) is 0.800. The number of methoxy groups -OCH3 is 1. The molecule has 1 saturated heterocycles. The van der Waals surface area contributed by atoms with Crippen LogP contribution in [0.15, 0.2) is 0 Å². The van der Waals surface area contributed by atoms with Crippen LogP contribution in [0.2, 0.25) is 0 Å². The second kappa shape index (κ2) is 5.58. The number of piperidine rings is 1. The molecule has 86 valence electrons. The van der Waals surface area contributed by atoms with Crippen molar-refractivity contribution in [1.29, 1.82) is 0 Å². The molecule has 0 aliphatic carbocycles. The van der Waals surface area contributed by atoms with Gasteiger partial charge in [-0.25, -0.2) is 4.79 Å². The molecule has 1 aliphatic heterocycles. The molecule has 1 unspecified atom stereocenters. The third-order valence-electron chi connectivity index (χ3n) is 2.47. The average Bonchev–Trinajstić information content (AvgIpc) is 2.28. The Kier molecular flexibility index (Phi) is 4.39. The highest BCUT2D eigenvalue weighted by atomic mass is 16.5.